The third kappa shape index (κ3) is 7.39. The van der Waals surface area contributed by atoms with E-state index in [0.717, 1.165) is 31.5 Å². The lowest BCUT2D eigenvalue weighted by atomic mass is 10.2. The van der Waals surface area contributed by atoms with Gasteiger partial charge in [-0.1, -0.05) is 44.0 Å². The van der Waals surface area contributed by atoms with Crippen LogP contribution in [0.25, 0.3) is 0 Å². The van der Waals surface area contributed by atoms with E-state index >= 15 is 0 Å². The van der Waals surface area contributed by atoms with Gasteiger partial charge in [0.2, 0.25) is 0 Å². The van der Waals surface area contributed by atoms with Crippen LogP contribution in [0.4, 0.5) is 5.69 Å². The SMILES string of the molecule is CN(C)c1cccc(OCC(=O)N/N=C/c2ccc(OCc3ccc(Br)cc3Br)cc2)c1. The van der Waals surface area contributed by atoms with Crippen molar-refractivity contribution in [3.8, 4) is 11.5 Å². The molecule has 166 valence electrons. The van der Waals surface area contributed by atoms with Crippen LogP contribution in [0.15, 0.2) is 80.8 Å². The summed E-state index contributed by atoms with van der Waals surface area (Å²) < 4.78 is 13.3. The van der Waals surface area contributed by atoms with Crippen LogP contribution in [0, 0.1) is 0 Å². The number of rotatable bonds is 9. The number of anilines is 1. The Morgan fingerprint density at radius 3 is 2.50 bits per heavy atom. The highest BCUT2D eigenvalue weighted by molar-refractivity contribution is 9.11. The number of hydrazone groups is 1. The summed E-state index contributed by atoms with van der Waals surface area (Å²) in [6.45, 7) is 0.335. The summed E-state index contributed by atoms with van der Waals surface area (Å²) in [7, 11) is 3.89. The first kappa shape index (κ1) is 23.8. The number of benzene rings is 3. The molecule has 0 atom stereocenters. The quantitative estimate of drug-likeness (QED) is 0.282. The second-order valence-corrected chi connectivity index (χ2v) is 8.84. The maximum atomic E-state index is 12.0. The normalized spacial score (nSPS) is 10.8. The summed E-state index contributed by atoms with van der Waals surface area (Å²) in [5, 5.41) is 3.98. The van der Waals surface area contributed by atoms with Gasteiger partial charge in [-0.25, -0.2) is 5.43 Å². The lowest BCUT2D eigenvalue weighted by molar-refractivity contribution is -0.123. The zero-order chi connectivity index (χ0) is 22.9. The summed E-state index contributed by atoms with van der Waals surface area (Å²) >= 11 is 6.97. The number of nitrogens with one attached hydrogen (secondary N) is 1. The van der Waals surface area contributed by atoms with Gasteiger partial charge in [0.15, 0.2) is 6.61 Å². The molecule has 0 bridgehead atoms. The first-order chi connectivity index (χ1) is 15.4. The molecule has 6 nitrogen and oxygen atoms in total. The minimum absolute atomic E-state index is 0.118. The van der Waals surface area contributed by atoms with Crippen LogP contribution < -0.4 is 19.8 Å². The number of nitrogens with zero attached hydrogens (tertiary/aromatic N) is 2. The van der Waals surface area contributed by atoms with Crippen LogP contribution in [-0.4, -0.2) is 32.8 Å². The summed E-state index contributed by atoms with van der Waals surface area (Å²) in [6, 6.07) is 20.9. The first-order valence-electron chi connectivity index (χ1n) is 9.79. The molecule has 1 N–H and O–H groups in total. The Bertz CT molecular complexity index is 1090. The monoisotopic (exact) mass is 559 g/mol. The Labute approximate surface area is 204 Å². The molecule has 1 amide bonds. The van der Waals surface area contributed by atoms with Crippen molar-refractivity contribution in [1.82, 2.24) is 5.43 Å². The first-order valence-corrected chi connectivity index (χ1v) is 11.4. The third-order valence-electron chi connectivity index (χ3n) is 4.40. The number of hydrogen-bond donors (Lipinski definition) is 1. The van der Waals surface area contributed by atoms with Gasteiger partial charge in [0.05, 0.1) is 6.21 Å². The van der Waals surface area contributed by atoms with E-state index < -0.39 is 0 Å². The molecule has 0 aromatic heterocycles. The average Bonchev–Trinajstić information content (AvgIpc) is 2.78. The molecular weight excluding hydrogens is 538 g/mol. The molecule has 0 saturated carbocycles. The average molecular weight is 561 g/mol. The van der Waals surface area contributed by atoms with Crippen molar-refractivity contribution in [3.05, 3.63) is 86.8 Å². The van der Waals surface area contributed by atoms with Gasteiger partial charge >= 0.3 is 0 Å². The highest BCUT2D eigenvalue weighted by atomic mass is 79.9. The van der Waals surface area contributed by atoms with Gasteiger partial charge in [-0.15, -0.1) is 0 Å². The van der Waals surface area contributed by atoms with Crippen molar-refractivity contribution in [2.75, 3.05) is 25.6 Å². The molecular formula is C24H23Br2N3O3. The van der Waals surface area contributed by atoms with Crippen molar-refractivity contribution in [2.24, 2.45) is 5.10 Å². The van der Waals surface area contributed by atoms with Gasteiger partial charge in [0.1, 0.15) is 18.1 Å². The molecule has 0 saturated heterocycles. The van der Waals surface area contributed by atoms with Crippen LogP contribution >= 0.6 is 31.9 Å². The predicted octanol–water partition coefficient (Wildman–Crippen LogP) is 5.39. The maximum Gasteiger partial charge on any atom is 0.277 e. The summed E-state index contributed by atoms with van der Waals surface area (Å²) in [6.07, 6.45) is 1.57. The molecule has 8 heteroatoms. The molecule has 0 aliphatic carbocycles. The third-order valence-corrected chi connectivity index (χ3v) is 5.63. The molecule has 0 heterocycles. The lowest BCUT2D eigenvalue weighted by Crippen LogP contribution is -2.24. The molecule has 3 aromatic carbocycles. The van der Waals surface area contributed by atoms with E-state index in [2.05, 4.69) is 42.4 Å². The Balaban J connectivity index is 1.44. The van der Waals surface area contributed by atoms with Crippen LogP contribution in [0.2, 0.25) is 0 Å². The largest absolute Gasteiger partial charge is 0.489 e. The standard InChI is InChI=1S/C24H23Br2N3O3/c1-29(2)20-4-3-5-22(13-20)32-16-24(30)28-27-14-17-6-10-21(11-7-17)31-15-18-8-9-19(25)12-23(18)26/h3-14H,15-16H2,1-2H3,(H,28,30)/b27-14+. The number of carbonyl (C=O) groups excluding carboxylic acids is 1. The van der Waals surface area contributed by atoms with Crippen molar-refractivity contribution in [1.29, 1.82) is 0 Å². The van der Waals surface area contributed by atoms with Gasteiger partial charge in [0.25, 0.3) is 5.91 Å². The molecule has 0 unspecified atom stereocenters. The van der Waals surface area contributed by atoms with Crippen LogP contribution in [0.3, 0.4) is 0 Å². The summed E-state index contributed by atoms with van der Waals surface area (Å²) in [4.78, 5) is 13.9. The fraction of sp³-hybridized carbons (Fsp3) is 0.167. The second-order valence-electron chi connectivity index (χ2n) is 7.07. The number of ether oxygens (including phenoxy) is 2. The summed E-state index contributed by atoms with van der Waals surface area (Å²) in [5.41, 5.74) is 5.35. The number of amides is 1. The van der Waals surface area contributed by atoms with E-state index in [1.165, 1.54) is 0 Å². The van der Waals surface area contributed by atoms with E-state index in [-0.39, 0.29) is 12.5 Å². The molecule has 32 heavy (non-hydrogen) atoms. The zero-order valence-corrected chi connectivity index (χ0v) is 20.9. The second kappa shape index (κ2) is 11.7. The fourth-order valence-corrected chi connectivity index (χ4v) is 3.82. The van der Waals surface area contributed by atoms with Crippen LogP contribution in [-0.2, 0) is 11.4 Å². The molecule has 3 aromatic rings. The zero-order valence-electron chi connectivity index (χ0n) is 17.7. The highest BCUT2D eigenvalue weighted by Crippen LogP contribution is 2.23. The van der Waals surface area contributed by atoms with Gasteiger partial charge in [0, 0.05) is 40.4 Å². The molecule has 0 aliphatic heterocycles. The molecule has 0 radical (unpaired) electrons. The number of halogens is 2. The minimum Gasteiger partial charge on any atom is -0.489 e. The molecule has 0 fully saturated rings. The van der Waals surface area contributed by atoms with Crippen molar-refractivity contribution in [3.63, 3.8) is 0 Å². The van der Waals surface area contributed by atoms with Gasteiger partial charge in [-0.3, -0.25) is 4.79 Å². The fourth-order valence-electron chi connectivity index (χ4n) is 2.66. The molecule has 3 rings (SSSR count). The van der Waals surface area contributed by atoms with E-state index in [1.54, 1.807) is 6.21 Å². The molecule has 0 spiro atoms. The smallest absolute Gasteiger partial charge is 0.277 e. The van der Waals surface area contributed by atoms with Crippen molar-refractivity contribution < 1.29 is 14.3 Å². The Morgan fingerprint density at radius 1 is 1.00 bits per heavy atom. The van der Waals surface area contributed by atoms with Gasteiger partial charge in [-0.2, -0.15) is 5.10 Å². The lowest BCUT2D eigenvalue weighted by Gasteiger charge is -2.13. The van der Waals surface area contributed by atoms with Crippen molar-refractivity contribution in [2.45, 2.75) is 6.61 Å². The van der Waals surface area contributed by atoms with Crippen LogP contribution in [0.5, 0.6) is 11.5 Å². The number of hydrogen-bond acceptors (Lipinski definition) is 5. The van der Waals surface area contributed by atoms with E-state index in [9.17, 15) is 4.79 Å². The molecule has 0 aliphatic rings. The Hall–Kier alpha value is -2.84. The number of carbonyl (C=O) groups is 1. The van der Waals surface area contributed by atoms with E-state index in [0.29, 0.717) is 12.4 Å². The Morgan fingerprint density at radius 2 is 1.78 bits per heavy atom. The van der Waals surface area contributed by atoms with Gasteiger partial charge < -0.3 is 14.4 Å². The summed E-state index contributed by atoms with van der Waals surface area (Å²) in [5.74, 6) is 1.03. The van der Waals surface area contributed by atoms with Crippen molar-refractivity contribution >= 4 is 49.7 Å². The predicted molar refractivity (Wildman–Crippen MR) is 135 cm³/mol. The highest BCUT2D eigenvalue weighted by Gasteiger charge is 2.04. The minimum atomic E-state index is -0.337. The Kier molecular flexibility index (Phi) is 8.70. The maximum absolute atomic E-state index is 12.0. The van der Waals surface area contributed by atoms with E-state index in [1.807, 2.05) is 85.7 Å². The topological polar surface area (TPSA) is 63.2 Å². The van der Waals surface area contributed by atoms with Gasteiger partial charge in [-0.05, 0) is 54.1 Å². The van der Waals surface area contributed by atoms with E-state index in [4.69, 9.17) is 9.47 Å². The van der Waals surface area contributed by atoms with Crippen LogP contribution in [0.1, 0.15) is 11.1 Å².